The van der Waals surface area contributed by atoms with Crippen LogP contribution in [0.2, 0.25) is 0 Å². The number of sulfonamides is 1. The van der Waals surface area contributed by atoms with Crippen molar-refractivity contribution < 1.29 is 8.42 Å². The highest BCUT2D eigenvalue weighted by Crippen LogP contribution is 2.22. The summed E-state index contributed by atoms with van der Waals surface area (Å²) in [5, 5.41) is 0. The van der Waals surface area contributed by atoms with Crippen LogP contribution in [0.25, 0.3) is 0 Å². The van der Waals surface area contributed by atoms with Gasteiger partial charge in [0.05, 0.1) is 11.4 Å². The van der Waals surface area contributed by atoms with Gasteiger partial charge in [-0.25, -0.2) is 8.42 Å². The smallest absolute Gasteiger partial charge is 0.234 e. The zero-order valence-corrected chi connectivity index (χ0v) is 10.4. The lowest BCUT2D eigenvalue weighted by atomic mass is 10.1. The molecule has 0 aliphatic carbocycles. The lowest BCUT2D eigenvalue weighted by molar-refractivity contribution is 0.595. The molecule has 0 aliphatic heterocycles. The molecule has 84 valence electrons. The van der Waals surface area contributed by atoms with Gasteiger partial charge in [0.15, 0.2) is 0 Å². The Hall–Kier alpha value is -1.03. The molecule has 0 saturated carbocycles. The van der Waals surface area contributed by atoms with Gasteiger partial charge in [-0.1, -0.05) is 17.7 Å². The molecule has 0 spiro atoms. The molecule has 0 amide bonds. The summed E-state index contributed by atoms with van der Waals surface area (Å²) in [5.41, 5.74) is 2.87. The summed E-state index contributed by atoms with van der Waals surface area (Å²) in [7, 11) is -1.56. The van der Waals surface area contributed by atoms with Crippen LogP contribution in [0.1, 0.15) is 18.1 Å². The van der Waals surface area contributed by atoms with Crippen LogP contribution in [-0.4, -0.2) is 21.2 Å². The Labute approximate surface area is 91.8 Å². The molecule has 0 aromatic heterocycles. The third kappa shape index (κ3) is 2.50. The number of nitrogens with zero attached hydrogens (tertiary/aromatic N) is 1. The van der Waals surface area contributed by atoms with Gasteiger partial charge in [0.25, 0.3) is 0 Å². The second kappa shape index (κ2) is 4.23. The van der Waals surface area contributed by atoms with E-state index in [9.17, 15) is 8.42 Å². The van der Waals surface area contributed by atoms with Crippen LogP contribution in [0.4, 0.5) is 5.69 Å². The second-order valence-electron chi connectivity index (χ2n) is 3.66. The van der Waals surface area contributed by atoms with Gasteiger partial charge in [-0.15, -0.1) is 0 Å². The van der Waals surface area contributed by atoms with Crippen LogP contribution in [0, 0.1) is 13.8 Å². The van der Waals surface area contributed by atoms with Crippen molar-refractivity contribution in [2.75, 3.05) is 17.1 Å². The summed E-state index contributed by atoms with van der Waals surface area (Å²) in [5.74, 6) is 0.122. The molecule has 0 unspecified atom stereocenters. The van der Waals surface area contributed by atoms with Crippen LogP contribution >= 0.6 is 0 Å². The van der Waals surface area contributed by atoms with E-state index in [1.54, 1.807) is 14.0 Å². The molecule has 0 bridgehead atoms. The Bertz CT molecular complexity index is 452. The topological polar surface area (TPSA) is 37.4 Å². The number of benzene rings is 1. The van der Waals surface area contributed by atoms with E-state index in [4.69, 9.17) is 0 Å². The molecule has 15 heavy (non-hydrogen) atoms. The molecule has 0 N–H and O–H groups in total. The molecule has 0 atom stereocenters. The fourth-order valence-corrected chi connectivity index (χ4v) is 2.39. The number of hydrogen-bond acceptors (Lipinski definition) is 2. The Morgan fingerprint density at radius 1 is 1.27 bits per heavy atom. The largest absolute Gasteiger partial charge is 0.273 e. The number of aryl methyl sites for hydroxylation is 2. The summed E-state index contributed by atoms with van der Waals surface area (Å²) >= 11 is 0. The van der Waals surface area contributed by atoms with Crippen molar-refractivity contribution in [1.82, 2.24) is 0 Å². The predicted molar refractivity (Wildman–Crippen MR) is 63.8 cm³/mol. The minimum Gasteiger partial charge on any atom is -0.273 e. The minimum absolute atomic E-state index is 0.122. The van der Waals surface area contributed by atoms with Crippen molar-refractivity contribution >= 4 is 15.7 Å². The van der Waals surface area contributed by atoms with Gasteiger partial charge in [0.1, 0.15) is 0 Å². The van der Waals surface area contributed by atoms with E-state index in [0.717, 1.165) is 16.8 Å². The maximum Gasteiger partial charge on any atom is 0.234 e. The summed E-state index contributed by atoms with van der Waals surface area (Å²) in [6.45, 7) is 5.56. The number of hydrogen-bond donors (Lipinski definition) is 0. The lowest BCUT2D eigenvalue weighted by Crippen LogP contribution is -2.28. The van der Waals surface area contributed by atoms with Crippen molar-refractivity contribution in [2.24, 2.45) is 0 Å². The van der Waals surface area contributed by atoms with Crippen LogP contribution in [0.3, 0.4) is 0 Å². The van der Waals surface area contributed by atoms with Crippen molar-refractivity contribution in [2.45, 2.75) is 20.8 Å². The quantitative estimate of drug-likeness (QED) is 0.793. The van der Waals surface area contributed by atoms with E-state index in [-0.39, 0.29) is 5.75 Å². The Kier molecular flexibility index (Phi) is 3.39. The van der Waals surface area contributed by atoms with Crippen molar-refractivity contribution in [3.63, 3.8) is 0 Å². The molecule has 0 radical (unpaired) electrons. The molecule has 0 fully saturated rings. The lowest BCUT2D eigenvalue weighted by Gasteiger charge is -2.20. The van der Waals surface area contributed by atoms with E-state index >= 15 is 0 Å². The molecule has 0 heterocycles. The molecule has 1 aromatic rings. The molecular weight excluding hydrogens is 210 g/mol. The van der Waals surface area contributed by atoms with E-state index < -0.39 is 10.0 Å². The Balaban J connectivity index is 3.18. The maximum absolute atomic E-state index is 11.7. The standard InChI is InChI=1S/C11H17NO2S/c1-5-15(13,14)12(4)11-7-6-9(2)8-10(11)3/h6-8H,5H2,1-4H3. The van der Waals surface area contributed by atoms with Crippen molar-refractivity contribution in [1.29, 1.82) is 0 Å². The Morgan fingerprint density at radius 2 is 1.87 bits per heavy atom. The molecule has 4 heteroatoms. The van der Waals surface area contributed by atoms with E-state index in [1.165, 1.54) is 4.31 Å². The van der Waals surface area contributed by atoms with Crippen LogP contribution in [0.15, 0.2) is 18.2 Å². The maximum atomic E-state index is 11.7. The van der Waals surface area contributed by atoms with E-state index in [2.05, 4.69) is 0 Å². The van der Waals surface area contributed by atoms with Gasteiger partial charge in [-0.05, 0) is 32.4 Å². The molecule has 1 rings (SSSR count). The van der Waals surface area contributed by atoms with Gasteiger partial charge in [-0.3, -0.25) is 4.31 Å². The fourth-order valence-electron chi connectivity index (χ4n) is 1.50. The van der Waals surface area contributed by atoms with Gasteiger partial charge in [-0.2, -0.15) is 0 Å². The van der Waals surface area contributed by atoms with Crippen LogP contribution in [0.5, 0.6) is 0 Å². The fraction of sp³-hybridized carbons (Fsp3) is 0.455. The van der Waals surface area contributed by atoms with Crippen LogP contribution in [-0.2, 0) is 10.0 Å². The molecule has 0 aliphatic rings. The van der Waals surface area contributed by atoms with Gasteiger partial charge in [0.2, 0.25) is 10.0 Å². The zero-order valence-electron chi connectivity index (χ0n) is 9.61. The average molecular weight is 227 g/mol. The average Bonchev–Trinajstić information content (AvgIpc) is 2.17. The normalized spacial score (nSPS) is 11.5. The SMILES string of the molecule is CCS(=O)(=O)N(C)c1ccc(C)cc1C. The Morgan fingerprint density at radius 3 is 2.33 bits per heavy atom. The first-order chi connectivity index (χ1) is 6.88. The van der Waals surface area contributed by atoms with Gasteiger partial charge >= 0.3 is 0 Å². The first kappa shape index (κ1) is 12.0. The zero-order chi connectivity index (χ0) is 11.6. The summed E-state index contributed by atoms with van der Waals surface area (Å²) in [4.78, 5) is 0. The van der Waals surface area contributed by atoms with Gasteiger partial charge in [0, 0.05) is 7.05 Å². The van der Waals surface area contributed by atoms with E-state index in [0.29, 0.717) is 0 Å². The number of rotatable bonds is 3. The number of anilines is 1. The highest BCUT2D eigenvalue weighted by Gasteiger charge is 2.16. The molecular formula is C11H17NO2S. The highest BCUT2D eigenvalue weighted by atomic mass is 32.2. The molecule has 3 nitrogen and oxygen atoms in total. The van der Waals surface area contributed by atoms with Crippen LogP contribution < -0.4 is 4.31 Å². The molecule has 0 saturated heterocycles. The highest BCUT2D eigenvalue weighted by molar-refractivity contribution is 7.92. The van der Waals surface area contributed by atoms with E-state index in [1.807, 2.05) is 32.0 Å². The second-order valence-corrected chi connectivity index (χ2v) is 5.95. The van der Waals surface area contributed by atoms with Gasteiger partial charge < -0.3 is 0 Å². The van der Waals surface area contributed by atoms with Crippen molar-refractivity contribution in [3.8, 4) is 0 Å². The third-order valence-electron chi connectivity index (χ3n) is 2.47. The predicted octanol–water partition coefficient (Wildman–Crippen LogP) is 2.09. The van der Waals surface area contributed by atoms with Crippen molar-refractivity contribution in [3.05, 3.63) is 29.3 Å². The summed E-state index contributed by atoms with van der Waals surface area (Å²) < 4.78 is 24.7. The summed E-state index contributed by atoms with van der Waals surface area (Å²) in [6.07, 6.45) is 0. The monoisotopic (exact) mass is 227 g/mol. The third-order valence-corrected chi connectivity index (χ3v) is 4.23. The first-order valence-corrected chi connectivity index (χ1v) is 6.53. The first-order valence-electron chi connectivity index (χ1n) is 4.92. The molecule has 1 aromatic carbocycles. The summed E-state index contributed by atoms with van der Waals surface area (Å²) in [6, 6.07) is 5.75. The minimum atomic E-state index is -3.15.